The van der Waals surface area contributed by atoms with Gasteiger partial charge < -0.3 is 15.9 Å². The third kappa shape index (κ3) is 5.47. The van der Waals surface area contributed by atoms with Crippen molar-refractivity contribution in [1.29, 1.82) is 0 Å². The van der Waals surface area contributed by atoms with Crippen molar-refractivity contribution in [1.82, 2.24) is 0 Å². The fourth-order valence-electron chi connectivity index (χ4n) is 3.35. The van der Waals surface area contributed by atoms with Crippen molar-refractivity contribution < 1.29 is 25.8 Å². The van der Waals surface area contributed by atoms with E-state index < -0.39 is 18.2 Å². The quantitative estimate of drug-likeness (QED) is 0.307. The van der Waals surface area contributed by atoms with Gasteiger partial charge in [-0.25, -0.2) is 0 Å². The van der Waals surface area contributed by atoms with Crippen molar-refractivity contribution in [2.24, 2.45) is 0 Å². The summed E-state index contributed by atoms with van der Waals surface area (Å²) in [5, 5.41) is 0.147. The topological polar surface area (TPSA) is 40.5 Å². The van der Waals surface area contributed by atoms with E-state index in [1.165, 1.54) is 0 Å². The SMILES string of the molecule is CN1C(=O)S(O)(C[PH+](C(C)(C)C)C(C)(C)C)c2ccccc21.C[CH-]C.[Ni]. The Kier molecular flexibility index (Phi) is 9.39. The third-order valence-corrected chi connectivity index (χ3v) is 12.7. The molecular weight excluding hydrogens is 408 g/mol. The Balaban J connectivity index is 0.00000146. The summed E-state index contributed by atoms with van der Waals surface area (Å²) in [4.78, 5) is 15.3. The first-order chi connectivity index (χ1) is 11.3. The molecule has 6 heteroatoms. The summed E-state index contributed by atoms with van der Waals surface area (Å²) in [5.74, 6) is 0. The Labute approximate surface area is 173 Å². The molecule has 154 valence electrons. The first-order valence-electron chi connectivity index (χ1n) is 8.81. The van der Waals surface area contributed by atoms with E-state index in [0.717, 1.165) is 10.6 Å². The zero-order chi connectivity index (χ0) is 19.6. The zero-order valence-electron chi connectivity index (χ0n) is 17.6. The van der Waals surface area contributed by atoms with E-state index in [9.17, 15) is 9.35 Å². The molecular formula is C20H36NNiO2PS. The molecule has 0 aliphatic carbocycles. The van der Waals surface area contributed by atoms with Crippen LogP contribution in [0.1, 0.15) is 55.4 Å². The van der Waals surface area contributed by atoms with Crippen LogP contribution in [0, 0.1) is 6.42 Å². The van der Waals surface area contributed by atoms with E-state index in [4.69, 9.17) is 0 Å². The van der Waals surface area contributed by atoms with Gasteiger partial charge in [0.25, 0.3) is 5.24 Å². The minimum Gasteiger partial charge on any atom is -0.335 e. The molecule has 1 unspecified atom stereocenters. The molecule has 1 N–H and O–H groups in total. The number of fused-ring (bicyclic) bond motifs is 1. The smallest absolute Gasteiger partial charge is 0.298 e. The molecule has 0 radical (unpaired) electrons. The van der Waals surface area contributed by atoms with Gasteiger partial charge >= 0.3 is 0 Å². The normalized spacial score (nSPS) is 22.1. The maximum atomic E-state index is 12.8. The third-order valence-electron chi connectivity index (χ3n) is 4.32. The average molecular weight is 444 g/mol. The Morgan fingerprint density at radius 3 is 1.92 bits per heavy atom. The van der Waals surface area contributed by atoms with Crippen molar-refractivity contribution in [3.05, 3.63) is 30.7 Å². The Morgan fingerprint density at radius 2 is 1.50 bits per heavy atom. The zero-order valence-corrected chi connectivity index (χ0v) is 20.4. The molecule has 1 aromatic rings. The molecule has 1 aromatic carbocycles. The summed E-state index contributed by atoms with van der Waals surface area (Å²) < 4.78 is 11.4. The number of rotatable bonds is 2. The maximum Gasteiger partial charge on any atom is 0.298 e. The first-order valence-corrected chi connectivity index (χ1v) is 12.3. The van der Waals surface area contributed by atoms with Gasteiger partial charge in [-0.3, -0.25) is 4.79 Å². The minimum absolute atomic E-state index is 0. The van der Waals surface area contributed by atoms with Crippen LogP contribution in [0.3, 0.4) is 0 Å². The summed E-state index contributed by atoms with van der Waals surface area (Å²) in [6, 6.07) is 7.70. The van der Waals surface area contributed by atoms with Gasteiger partial charge in [-0.2, -0.15) is 13.8 Å². The number of para-hydroxylation sites is 1. The largest absolute Gasteiger partial charge is 0.335 e. The van der Waals surface area contributed by atoms with E-state index in [1.54, 1.807) is 11.9 Å². The summed E-state index contributed by atoms with van der Waals surface area (Å²) in [6.07, 6.45) is 2.00. The van der Waals surface area contributed by atoms with Crippen LogP contribution in [-0.2, 0) is 16.5 Å². The molecule has 2 rings (SSSR count). The monoisotopic (exact) mass is 443 g/mol. The van der Waals surface area contributed by atoms with Crippen LogP contribution in [0.25, 0.3) is 0 Å². The molecule has 0 saturated carbocycles. The molecule has 3 nitrogen and oxygen atoms in total. The Morgan fingerprint density at radius 1 is 1.08 bits per heavy atom. The summed E-state index contributed by atoms with van der Waals surface area (Å²) in [6.45, 7) is 17.4. The first kappa shape index (κ1) is 25.9. The molecule has 1 aliphatic rings. The number of nitrogens with zero attached hydrogens (tertiary/aromatic N) is 1. The average Bonchev–Trinajstić information content (AvgIpc) is 2.67. The van der Waals surface area contributed by atoms with Gasteiger partial charge in [0.2, 0.25) is 0 Å². The summed E-state index contributed by atoms with van der Waals surface area (Å²) in [5.41, 5.74) is 1.50. The van der Waals surface area contributed by atoms with Crippen LogP contribution in [0.2, 0.25) is 0 Å². The molecule has 1 atom stereocenters. The Bertz CT molecular complexity index is 599. The van der Waals surface area contributed by atoms with E-state index in [1.807, 2.05) is 44.5 Å². The van der Waals surface area contributed by atoms with Crippen LogP contribution >= 0.6 is 18.2 Å². The minimum atomic E-state index is -2.42. The van der Waals surface area contributed by atoms with Crippen molar-refractivity contribution in [2.45, 2.75) is 70.6 Å². The summed E-state index contributed by atoms with van der Waals surface area (Å²) in [7, 11) is -1.63. The van der Waals surface area contributed by atoms with Gasteiger partial charge in [-0.1, -0.05) is 12.1 Å². The van der Waals surface area contributed by atoms with E-state index in [2.05, 4.69) is 41.5 Å². The number of carbonyl (C=O) groups is 1. The van der Waals surface area contributed by atoms with Crippen LogP contribution in [0.5, 0.6) is 0 Å². The molecule has 0 aromatic heterocycles. The van der Waals surface area contributed by atoms with Gasteiger partial charge in [0, 0.05) is 46.7 Å². The molecule has 1 amide bonds. The summed E-state index contributed by atoms with van der Waals surface area (Å²) >= 11 is 0. The molecule has 26 heavy (non-hydrogen) atoms. The van der Waals surface area contributed by atoms with E-state index in [-0.39, 0.29) is 32.0 Å². The molecule has 0 saturated heterocycles. The second kappa shape index (κ2) is 9.42. The predicted octanol–water partition coefficient (Wildman–Crippen LogP) is 6.89. The fourth-order valence-corrected chi connectivity index (χ4v) is 13.4. The maximum absolute atomic E-state index is 12.8. The number of hydrogen-bond donors (Lipinski definition) is 1. The fraction of sp³-hybridized carbons (Fsp3) is 0.600. The van der Waals surface area contributed by atoms with Gasteiger partial charge in [-0.05, 0) is 53.7 Å². The molecule has 0 fully saturated rings. The second-order valence-electron chi connectivity index (χ2n) is 8.70. The molecule has 1 heterocycles. The Hall–Kier alpha value is -0.0765. The van der Waals surface area contributed by atoms with Crippen LogP contribution in [0.15, 0.2) is 29.2 Å². The van der Waals surface area contributed by atoms with Gasteiger partial charge in [0.1, 0.15) is 5.49 Å². The van der Waals surface area contributed by atoms with Crippen molar-refractivity contribution in [3.8, 4) is 0 Å². The van der Waals surface area contributed by atoms with Crippen LogP contribution < -0.4 is 4.90 Å². The predicted molar refractivity (Wildman–Crippen MR) is 117 cm³/mol. The molecule has 1 aliphatic heterocycles. The van der Waals surface area contributed by atoms with Gasteiger partial charge in [0.05, 0.1) is 16.0 Å². The van der Waals surface area contributed by atoms with E-state index in [0.29, 0.717) is 5.49 Å². The second-order valence-corrected chi connectivity index (χ2v) is 16.0. The van der Waals surface area contributed by atoms with Crippen molar-refractivity contribution >= 4 is 29.2 Å². The number of carbonyl (C=O) groups excluding carboxylic acids is 1. The van der Waals surface area contributed by atoms with Crippen molar-refractivity contribution in [2.75, 3.05) is 17.4 Å². The van der Waals surface area contributed by atoms with Crippen molar-refractivity contribution in [3.63, 3.8) is 0 Å². The van der Waals surface area contributed by atoms with Gasteiger partial charge in [-0.15, -0.1) is 0 Å². The van der Waals surface area contributed by atoms with Gasteiger partial charge in [0.15, 0.2) is 0 Å². The van der Waals surface area contributed by atoms with Crippen LogP contribution in [0.4, 0.5) is 10.5 Å². The number of anilines is 1. The number of hydrogen-bond acceptors (Lipinski definition) is 2. The molecule has 0 spiro atoms. The number of benzene rings is 1. The van der Waals surface area contributed by atoms with E-state index >= 15 is 0 Å². The number of amides is 1. The standard InChI is InChI=1S/C17H28NO2PS.C3H7.Ni/c1-16(2,3)21(17(4,5)6)12-22(20)14-11-9-8-10-13(14)18(7)15(22)19;1-3-2;/h8-11,20H,12H2,1-7H3;3H,1-2H3;/q;-1;/p+1. The molecule has 0 bridgehead atoms. The van der Waals surface area contributed by atoms with Crippen LogP contribution in [-0.4, -0.2) is 32.6 Å².